The third kappa shape index (κ3) is 3.28. The number of carbonyl (C=O) groups excluding carboxylic acids is 1. The first-order chi connectivity index (χ1) is 8.63. The highest BCUT2D eigenvalue weighted by atomic mass is 35.5. The minimum atomic E-state index is -0.191. The standard InChI is InChI=1S/C14H17NO3.ClH/c1-4-7-15(3)10(2)14(16)11-5-6-12-13(8-11)18-9-17-12;/h4-6,8,10H,1,7,9H2,2-3H3;1H. The summed E-state index contributed by atoms with van der Waals surface area (Å²) >= 11 is 0. The predicted molar refractivity (Wildman–Crippen MR) is 76.4 cm³/mol. The molecule has 0 fully saturated rings. The lowest BCUT2D eigenvalue weighted by atomic mass is 10.0. The highest BCUT2D eigenvalue weighted by molar-refractivity contribution is 6.00. The van der Waals surface area contributed by atoms with Crippen LogP contribution in [0.15, 0.2) is 30.9 Å². The van der Waals surface area contributed by atoms with Crippen molar-refractivity contribution in [3.63, 3.8) is 0 Å². The Morgan fingerprint density at radius 2 is 2.16 bits per heavy atom. The van der Waals surface area contributed by atoms with Crippen LogP contribution in [0.3, 0.4) is 0 Å². The number of rotatable bonds is 5. The van der Waals surface area contributed by atoms with Crippen LogP contribution in [0.25, 0.3) is 0 Å². The highest BCUT2D eigenvalue weighted by Crippen LogP contribution is 2.32. The van der Waals surface area contributed by atoms with E-state index in [0.29, 0.717) is 23.6 Å². The fraction of sp³-hybridized carbons (Fsp3) is 0.357. The summed E-state index contributed by atoms with van der Waals surface area (Å²) < 4.78 is 10.5. The van der Waals surface area contributed by atoms with Gasteiger partial charge < -0.3 is 9.47 Å². The Labute approximate surface area is 119 Å². The van der Waals surface area contributed by atoms with Crippen LogP contribution in [0.5, 0.6) is 11.5 Å². The molecule has 1 aliphatic rings. The Morgan fingerprint density at radius 3 is 2.84 bits per heavy atom. The SMILES string of the molecule is C=CCN(C)C(C)C(=O)c1ccc2c(c1)OCO2.Cl. The third-order valence-corrected chi connectivity index (χ3v) is 3.11. The lowest BCUT2D eigenvalue weighted by molar-refractivity contribution is 0.0879. The number of Topliss-reactive ketones (excluding diaryl/α,β-unsaturated/α-hetero) is 1. The van der Waals surface area contributed by atoms with Gasteiger partial charge in [-0.2, -0.15) is 0 Å². The topological polar surface area (TPSA) is 38.8 Å². The van der Waals surface area contributed by atoms with Crippen molar-refractivity contribution in [2.45, 2.75) is 13.0 Å². The molecule has 4 nitrogen and oxygen atoms in total. The highest BCUT2D eigenvalue weighted by Gasteiger charge is 2.21. The average Bonchev–Trinajstić information content (AvgIpc) is 2.84. The summed E-state index contributed by atoms with van der Waals surface area (Å²) in [5.74, 6) is 1.40. The van der Waals surface area contributed by atoms with Crippen LogP contribution in [-0.2, 0) is 0 Å². The average molecular weight is 284 g/mol. The Hall–Kier alpha value is -1.52. The molecule has 1 aliphatic heterocycles. The number of benzene rings is 1. The van der Waals surface area contributed by atoms with Crippen LogP contribution in [0.1, 0.15) is 17.3 Å². The molecule has 0 aliphatic carbocycles. The number of ketones is 1. The van der Waals surface area contributed by atoms with Gasteiger partial charge >= 0.3 is 0 Å². The smallest absolute Gasteiger partial charge is 0.231 e. The number of halogens is 1. The largest absolute Gasteiger partial charge is 0.454 e. The number of nitrogens with zero attached hydrogens (tertiary/aromatic N) is 1. The van der Waals surface area contributed by atoms with Crippen molar-refractivity contribution in [3.05, 3.63) is 36.4 Å². The molecule has 0 amide bonds. The van der Waals surface area contributed by atoms with E-state index in [4.69, 9.17) is 9.47 Å². The Balaban J connectivity index is 0.00000180. The summed E-state index contributed by atoms with van der Waals surface area (Å²) in [5, 5.41) is 0. The van der Waals surface area contributed by atoms with E-state index in [0.717, 1.165) is 0 Å². The molecule has 2 rings (SSSR count). The van der Waals surface area contributed by atoms with Crippen molar-refractivity contribution in [2.24, 2.45) is 0 Å². The Kier molecular flexibility index (Phi) is 5.39. The minimum absolute atomic E-state index is 0. The fourth-order valence-electron chi connectivity index (χ4n) is 1.85. The van der Waals surface area contributed by atoms with Crippen molar-refractivity contribution >= 4 is 18.2 Å². The van der Waals surface area contributed by atoms with Gasteiger partial charge in [0, 0.05) is 12.1 Å². The maximum Gasteiger partial charge on any atom is 0.231 e. The first-order valence-corrected chi connectivity index (χ1v) is 5.88. The molecular formula is C14H18ClNO3. The minimum Gasteiger partial charge on any atom is -0.454 e. The van der Waals surface area contributed by atoms with Crippen molar-refractivity contribution in [1.82, 2.24) is 4.90 Å². The van der Waals surface area contributed by atoms with Gasteiger partial charge in [0.1, 0.15) is 0 Å². The molecule has 0 aromatic heterocycles. The number of likely N-dealkylation sites (N-methyl/N-ethyl adjacent to an activating group) is 1. The third-order valence-electron chi connectivity index (χ3n) is 3.11. The maximum atomic E-state index is 12.3. The first-order valence-electron chi connectivity index (χ1n) is 5.88. The number of ether oxygens (including phenoxy) is 2. The summed E-state index contributed by atoms with van der Waals surface area (Å²) in [5.41, 5.74) is 0.641. The van der Waals surface area contributed by atoms with E-state index in [1.165, 1.54) is 0 Å². The van der Waals surface area contributed by atoms with E-state index in [2.05, 4.69) is 6.58 Å². The molecule has 0 radical (unpaired) electrons. The molecule has 1 aromatic rings. The molecular weight excluding hydrogens is 266 g/mol. The van der Waals surface area contributed by atoms with Gasteiger partial charge in [-0.1, -0.05) is 6.08 Å². The van der Waals surface area contributed by atoms with E-state index in [1.54, 1.807) is 24.3 Å². The van der Waals surface area contributed by atoms with E-state index in [9.17, 15) is 4.79 Å². The molecule has 1 heterocycles. The molecule has 104 valence electrons. The molecule has 0 spiro atoms. The normalized spacial score (nSPS) is 13.8. The zero-order valence-corrected chi connectivity index (χ0v) is 11.9. The summed E-state index contributed by atoms with van der Waals surface area (Å²) in [7, 11) is 1.90. The zero-order chi connectivity index (χ0) is 13.1. The molecule has 0 saturated carbocycles. The Morgan fingerprint density at radius 1 is 1.47 bits per heavy atom. The van der Waals surface area contributed by atoms with Crippen molar-refractivity contribution in [3.8, 4) is 11.5 Å². The van der Waals surface area contributed by atoms with Gasteiger partial charge in [-0.05, 0) is 32.2 Å². The van der Waals surface area contributed by atoms with E-state index in [-0.39, 0.29) is 31.0 Å². The second-order valence-electron chi connectivity index (χ2n) is 4.34. The van der Waals surface area contributed by atoms with Gasteiger partial charge in [-0.15, -0.1) is 19.0 Å². The summed E-state index contributed by atoms with van der Waals surface area (Å²) in [6.45, 7) is 6.46. The molecule has 5 heteroatoms. The van der Waals surface area contributed by atoms with Gasteiger partial charge in [-0.3, -0.25) is 9.69 Å². The van der Waals surface area contributed by atoms with Crippen LogP contribution < -0.4 is 9.47 Å². The zero-order valence-electron chi connectivity index (χ0n) is 11.1. The summed E-state index contributed by atoms with van der Waals surface area (Å²) in [6.07, 6.45) is 1.78. The van der Waals surface area contributed by atoms with E-state index < -0.39 is 0 Å². The molecule has 0 saturated heterocycles. The summed E-state index contributed by atoms with van der Waals surface area (Å²) in [6, 6.07) is 5.09. The molecule has 0 N–H and O–H groups in total. The maximum absolute atomic E-state index is 12.3. The van der Waals surface area contributed by atoms with Gasteiger partial charge in [-0.25, -0.2) is 0 Å². The Bertz CT molecular complexity index is 476. The fourth-order valence-corrected chi connectivity index (χ4v) is 1.85. The lowest BCUT2D eigenvalue weighted by Crippen LogP contribution is -2.36. The van der Waals surface area contributed by atoms with Crippen molar-refractivity contribution in [1.29, 1.82) is 0 Å². The van der Waals surface area contributed by atoms with Crippen LogP contribution in [0, 0.1) is 0 Å². The van der Waals surface area contributed by atoms with Gasteiger partial charge in [0.25, 0.3) is 0 Å². The molecule has 19 heavy (non-hydrogen) atoms. The van der Waals surface area contributed by atoms with Crippen LogP contribution in [0.2, 0.25) is 0 Å². The number of carbonyl (C=O) groups is 1. The molecule has 0 bridgehead atoms. The number of hydrogen-bond acceptors (Lipinski definition) is 4. The molecule has 1 unspecified atom stereocenters. The molecule has 1 aromatic carbocycles. The van der Waals surface area contributed by atoms with Crippen LogP contribution in [-0.4, -0.2) is 37.1 Å². The second-order valence-corrected chi connectivity index (χ2v) is 4.34. The summed E-state index contributed by atoms with van der Waals surface area (Å²) in [4.78, 5) is 14.2. The van der Waals surface area contributed by atoms with Gasteiger partial charge in [0.15, 0.2) is 17.3 Å². The predicted octanol–water partition coefficient (Wildman–Crippen LogP) is 2.53. The van der Waals surface area contributed by atoms with E-state index >= 15 is 0 Å². The van der Waals surface area contributed by atoms with Gasteiger partial charge in [0.2, 0.25) is 6.79 Å². The monoisotopic (exact) mass is 283 g/mol. The second kappa shape index (κ2) is 6.59. The quantitative estimate of drug-likeness (QED) is 0.615. The van der Waals surface area contributed by atoms with Gasteiger partial charge in [0.05, 0.1) is 6.04 Å². The number of fused-ring (bicyclic) bond motifs is 1. The van der Waals surface area contributed by atoms with Crippen LogP contribution in [0.4, 0.5) is 0 Å². The van der Waals surface area contributed by atoms with Crippen molar-refractivity contribution < 1.29 is 14.3 Å². The number of hydrogen-bond donors (Lipinski definition) is 0. The van der Waals surface area contributed by atoms with Crippen molar-refractivity contribution in [2.75, 3.05) is 20.4 Å². The molecule has 1 atom stereocenters. The first kappa shape index (κ1) is 15.5. The lowest BCUT2D eigenvalue weighted by Gasteiger charge is -2.22. The van der Waals surface area contributed by atoms with E-state index in [1.807, 2.05) is 18.9 Å². The van der Waals surface area contributed by atoms with Crippen LogP contribution >= 0.6 is 12.4 Å².